The predicted octanol–water partition coefficient (Wildman–Crippen LogP) is 2.87. The summed E-state index contributed by atoms with van der Waals surface area (Å²) < 4.78 is 38.3. The second-order valence-corrected chi connectivity index (χ2v) is 4.07. The van der Waals surface area contributed by atoms with Gasteiger partial charge >= 0.3 is 6.18 Å². The fourth-order valence-corrected chi connectivity index (χ4v) is 1.45. The second kappa shape index (κ2) is 5.51. The van der Waals surface area contributed by atoms with Crippen molar-refractivity contribution in [2.45, 2.75) is 6.18 Å². The number of halogens is 4. The standard InChI is InChI=1S/C10H9F3INO/c11-10(12,13)8-4-2-1-3-7(8)9(16)15-6-5-14/h1-4H,5-6H2,(H,15,16). The summed E-state index contributed by atoms with van der Waals surface area (Å²) in [5.74, 6) is -0.690. The maximum absolute atomic E-state index is 12.5. The van der Waals surface area contributed by atoms with Gasteiger partial charge in [-0.1, -0.05) is 34.7 Å². The van der Waals surface area contributed by atoms with Crippen LogP contribution in [-0.4, -0.2) is 16.9 Å². The largest absolute Gasteiger partial charge is 0.417 e. The molecule has 0 aliphatic rings. The van der Waals surface area contributed by atoms with Crippen molar-refractivity contribution in [3.8, 4) is 0 Å². The zero-order valence-electron chi connectivity index (χ0n) is 8.14. The van der Waals surface area contributed by atoms with E-state index in [1.807, 2.05) is 22.6 Å². The molecule has 0 bridgehead atoms. The van der Waals surface area contributed by atoms with Crippen molar-refractivity contribution in [1.29, 1.82) is 0 Å². The quantitative estimate of drug-likeness (QED) is 0.664. The summed E-state index contributed by atoms with van der Waals surface area (Å²) in [4.78, 5) is 11.5. The Bertz CT molecular complexity index is 379. The molecule has 0 saturated carbocycles. The lowest BCUT2D eigenvalue weighted by Gasteiger charge is -2.11. The number of hydrogen-bond donors (Lipinski definition) is 1. The van der Waals surface area contributed by atoms with Gasteiger partial charge in [-0.2, -0.15) is 13.2 Å². The molecule has 1 aromatic rings. The highest BCUT2D eigenvalue weighted by Crippen LogP contribution is 2.31. The number of benzene rings is 1. The van der Waals surface area contributed by atoms with Crippen molar-refractivity contribution in [3.05, 3.63) is 35.4 Å². The van der Waals surface area contributed by atoms with Crippen molar-refractivity contribution in [3.63, 3.8) is 0 Å². The minimum Gasteiger partial charge on any atom is -0.351 e. The SMILES string of the molecule is O=C(NCCI)c1ccccc1C(F)(F)F. The van der Waals surface area contributed by atoms with Crippen LogP contribution in [0, 0.1) is 0 Å². The minimum absolute atomic E-state index is 0.333. The molecule has 0 spiro atoms. The Morgan fingerprint density at radius 3 is 2.50 bits per heavy atom. The summed E-state index contributed by atoms with van der Waals surface area (Å²) in [7, 11) is 0. The molecular weight excluding hydrogens is 334 g/mol. The molecule has 88 valence electrons. The van der Waals surface area contributed by atoms with Crippen molar-refractivity contribution in [1.82, 2.24) is 5.32 Å². The van der Waals surface area contributed by atoms with Crippen LogP contribution in [-0.2, 0) is 6.18 Å². The molecule has 0 aliphatic carbocycles. The Hall–Kier alpha value is -0.790. The van der Waals surface area contributed by atoms with E-state index in [0.29, 0.717) is 11.0 Å². The molecule has 0 saturated heterocycles. The molecule has 16 heavy (non-hydrogen) atoms. The molecule has 1 rings (SSSR count). The first-order valence-electron chi connectivity index (χ1n) is 4.47. The van der Waals surface area contributed by atoms with Gasteiger partial charge in [0.2, 0.25) is 0 Å². The summed E-state index contributed by atoms with van der Waals surface area (Å²) in [5, 5.41) is 2.41. The van der Waals surface area contributed by atoms with Crippen molar-refractivity contribution in [2.24, 2.45) is 0 Å². The second-order valence-electron chi connectivity index (χ2n) is 2.99. The number of hydrogen-bond acceptors (Lipinski definition) is 1. The lowest BCUT2D eigenvalue weighted by Crippen LogP contribution is -2.27. The molecule has 0 fully saturated rings. The van der Waals surface area contributed by atoms with Gasteiger partial charge in [0.25, 0.3) is 5.91 Å². The fraction of sp³-hybridized carbons (Fsp3) is 0.300. The van der Waals surface area contributed by atoms with Gasteiger partial charge in [-0.15, -0.1) is 0 Å². The molecule has 0 heterocycles. The highest BCUT2D eigenvalue weighted by atomic mass is 127. The fourth-order valence-electron chi connectivity index (χ4n) is 1.18. The van der Waals surface area contributed by atoms with E-state index in [2.05, 4.69) is 5.32 Å². The van der Waals surface area contributed by atoms with Crippen LogP contribution in [0.5, 0.6) is 0 Å². The summed E-state index contributed by atoms with van der Waals surface area (Å²) in [5.41, 5.74) is -1.24. The van der Waals surface area contributed by atoms with Gasteiger partial charge in [0, 0.05) is 11.0 Å². The number of alkyl halides is 4. The number of amides is 1. The maximum Gasteiger partial charge on any atom is 0.417 e. The molecule has 0 atom stereocenters. The van der Waals surface area contributed by atoms with E-state index in [1.54, 1.807) is 0 Å². The molecule has 1 amide bonds. The molecular formula is C10H9F3INO. The van der Waals surface area contributed by atoms with E-state index in [1.165, 1.54) is 18.2 Å². The van der Waals surface area contributed by atoms with Gasteiger partial charge < -0.3 is 5.32 Å². The Labute approximate surface area is 104 Å². The van der Waals surface area contributed by atoms with E-state index < -0.39 is 17.6 Å². The lowest BCUT2D eigenvalue weighted by atomic mass is 10.1. The van der Waals surface area contributed by atoms with Crippen LogP contribution in [0.25, 0.3) is 0 Å². The molecule has 1 aromatic carbocycles. The smallest absolute Gasteiger partial charge is 0.351 e. The highest BCUT2D eigenvalue weighted by Gasteiger charge is 2.34. The average Bonchev–Trinajstić information content (AvgIpc) is 2.24. The van der Waals surface area contributed by atoms with E-state index >= 15 is 0 Å². The molecule has 6 heteroatoms. The zero-order valence-corrected chi connectivity index (χ0v) is 10.3. The van der Waals surface area contributed by atoms with Crippen LogP contribution in [0.3, 0.4) is 0 Å². The van der Waals surface area contributed by atoms with E-state index in [-0.39, 0.29) is 5.56 Å². The normalized spacial score (nSPS) is 11.2. The highest BCUT2D eigenvalue weighted by molar-refractivity contribution is 14.1. The number of carbonyl (C=O) groups is 1. The van der Waals surface area contributed by atoms with Crippen LogP contribution in [0.2, 0.25) is 0 Å². The molecule has 2 nitrogen and oxygen atoms in total. The third-order valence-corrected chi connectivity index (χ3v) is 2.40. The van der Waals surface area contributed by atoms with Crippen LogP contribution < -0.4 is 5.32 Å². The van der Waals surface area contributed by atoms with Gasteiger partial charge in [-0.05, 0) is 12.1 Å². The van der Waals surface area contributed by atoms with E-state index in [9.17, 15) is 18.0 Å². The summed E-state index contributed by atoms with van der Waals surface area (Å²) in [6.45, 7) is 0.353. The summed E-state index contributed by atoms with van der Waals surface area (Å²) in [6, 6.07) is 4.75. The van der Waals surface area contributed by atoms with Gasteiger partial charge in [0.15, 0.2) is 0 Å². The molecule has 1 N–H and O–H groups in total. The third-order valence-electron chi connectivity index (χ3n) is 1.86. The topological polar surface area (TPSA) is 29.1 Å². The first-order valence-corrected chi connectivity index (χ1v) is 5.99. The zero-order chi connectivity index (χ0) is 12.2. The average molecular weight is 343 g/mol. The first kappa shape index (κ1) is 13.3. The van der Waals surface area contributed by atoms with Crippen molar-refractivity contribution >= 4 is 28.5 Å². The first-order chi connectivity index (χ1) is 7.46. The van der Waals surface area contributed by atoms with Gasteiger partial charge in [0.1, 0.15) is 0 Å². The van der Waals surface area contributed by atoms with Crippen molar-refractivity contribution < 1.29 is 18.0 Å². The van der Waals surface area contributed by atoms with Crippen LogP contribution in [0.15, 0.2) is 24.3 Å². The lowest BCUT2D eigenvalue weighted by molar-refractivity contribution is -0.137. The van der Waals surface area contributed by atoms with Gasteiger partial charge in [0.05, 0.1) is 11.1 Å². The van der Waals surface area contributed by atoms with Crippen molar-refractivity contribution in [2.75, 3.05) is 11.0 Å². The van der Waals surface area contributed by atoms with Crippen LogP contribution in [0.1, 0.15) is 15.9 Å². The third kappa shape index (κ3) is 3.36. The van der Waals surface area contributed by atoms with Gasteiger partial charge in [-0.3, -0.25) is 4.79 Å². The molecule has 0 aliphatic heterocycles. The summed E-state index contributed by atoms with van der Waals surface area (Å²) >= 11 is 2.03. The number of carbonyl (C=O) groups excluding carboxylic acids is 1. The Morgan fingerprint density at radius 2 is 1.94 bits per heavy atom. The van der Waals surface area contributed by atoms with Crippen LogP contribution >= 0.6 is 22.6 Å². The Morgan fingerprint density at radius 1 is 1.31 bits per heavy atom. The monoisotopic (exact) mass is 343 g/mol. The molecule has 0 radical (unpaired) electrons. The predicted molar refractivity (Wildman–Crippen MR) is 62.7 cm³/mol. The molecule has 0 unspecified atom stereocenters. The number of nitrogens with one attached hydrogen (secondary N) is 1. The van der Waals surface area contributed by atoms with Crippen LogP contribution in [0.4, 0.5) is 13.2 Å². The Kier molecular flexibility index (Phi) is 4.57. The van der Waals surface area contributed by atoms with Gasteiger partial charge in [-0.25, -0.2) is 0 Å². The summed E-state index contributed by atoms with van der Waals surface area (Å²) in [6.07, 6.45) is -4.50. The Balaban J connectivity index is 3.00. The van der Waals surface area contributed by atoms with E-state index in [0.717, 1.165) is 6.07 Å². The maximum atomic E-state index is 12.5. The van der Waals surface area contributed by atoms with E-state index in [4.69, 9.17) is 0 Å². The minimum atomic E-state index is -4.50. The molecule has 0 aromatic heterocycles. The number of rotatable bonds is 3.